The van der Waals surface area contributed by atoms with Crippen molar-refractivity contribution in [1.82, 2.24) is 24.1 Å². The number of hydrogen-bond donors (Lipinski definition) is 1. The Morgan fingerprint density at radius 1 is 0.534 bits per heavy atom. The van der Waals surface area contributed by atoms with Gasteiger partial charge in [0.05, 0.1) is 27.8 Å². The van der Waals surface area contributed by atoms with E-state index < -0.39 is 0 Å². The summed E-state index contributed by atoms with van der Waals surface area (Å²) in [6.07, 6.45) is 1.88. The fourth-order valence-electron chi connectivity index (χ4n) is 7.62. The number of imidazole rings is 2. The predicted octanol–water partition coefficient (Wildman–Crippen LogP) is 12.5. The summed E-state index contributed by atoms with van der Waals surface area (Å²) in [4.78, 5) is 14.9. The fraction of sp³-hybridized carbons (Fsp3) is 0.157. The number of pyridine rings is 1. The smallest absolute Gasteiger partial charge is 0.302 e. The normalized spacial score (nSPS) is 11.9. The molecule has 0 aliphatic heterocycles. The van der Waals surface area contributed by atoms with Gasteiger partial charge in [-0.3, -0.25) is 9.55 Å². The Hall–Kier alpha value is -6.10. The molecule has 6 nitrogen and oxygen atoms in total. The largest absolute Gasteiger partial charge is 0.480 e. The van der Waals surface area contributed by atoms with Crippen LogP contribution in [0.1, 0.15) is 52.7 Å². The zero-order valence-electron chi connectivity index (χ0n) is 33.4. The fourth-order valence-corrected chi connectivity index (χ4v) is 7.62. The van der Waals surface area contributed by atoms with Crippen molar-refractivity contribution in [2.45, 2.75) is 52.4 Å². The average molecular weight is 938 g/mol. The van der Waals surface area contributed by atoms with E-state index in [-0.39, 0.29) is 37.9 Å². The molecule has 58 heavy (non-hydrogen) atoms. The number of rotatable bonds is 6. The molecule has 9 aromatic rings. The Morgan fingerprint density at radius 2 is 1.19 bits per heavy atom. The summed E-state index contributed by atoms with van der Waals surface area (Å²) >= 11 is 0. The van der Waals surface area contributed by atoms with Gasteiger partial charge in [-0.2, -0.15) is 4.98 Å². The van der Waals surface area contributed by atoms with Gasteiger partial charge in [0, 0.05) is 38.5 Å². The second kappa shape index (κ2) is 15.0. The quantitative estimate of drug-likeness (QED) is 0.169. The molecule has 0 amide bonds. The molecule has 0 aliphatic rings. The molecule has 1 N–H and O–H groups in total. The first-order valence-electron chi connectivity index (χ1n) is 19.4. The number of para-hydroxylation sites is 3. The summed E-state index contributed by atoms with van der Waals surface area (Å²) in [5, 5.41) is 11.6. The van der Waals surface area contributed by atoms with Crippen LogP contribution in [0.3, 0.4) is 0 Å². The van der Waals surface area contributed by atoms with Gasteiger partial charge >= 0.3 is 6.01 Å². The first-order valence-corrected chi connectivity index (χ1v) is 19.4. The van der Waals surface area contributed by atoms with Crippen LogP contribution in [0.2, 0.25) is 0 Å². The van der Waals surface area contributed by atoms with Gasteiger partial charge in [-0.15, -0.1) is 29.3 Å². The van der Waals surface area contributed by atoms with Gasteiger partial charge in [0.1, 0.15) is 0 Å². The van der Waals surface area contributed by atoms with Gasteiger partial charge in [0.15, 0.2) is 0 Å². The van der Waals surface area contributed by atoms with E-state index in [2.05, 4.69) is 166 Å². The molecule has 6 aromatic carbocycles. The van der Waals surface area contributed by atoms with Crippen LogP contribution in [0.25, 0.3) is 78.3 Å². The number of hydrogen-bond acceptors (Lipinski definition) is 4. The summed E-state index contributed by atoms with van der Waals surface area (Å²) < 4.78 is 3.92. The molecule has 0 atom stereocenters. The Kier molecular flexibility index (Phi) is 10.0. The molecule has 0 spiro atoms. The van der Waals surface area contributed by atoms with Crippen LogP contribution in [0, 0.1) is 6.07 Å². The number of benzene rings is 6. The maximum atomic E-state index is 11.6. The molecule has 0 aliphatic carbocycles. The number of aromatic hydroxyl groups is 1. The van der Waals surface area contributed by atoms with Crippen LogP contribution in [-0.4, -0.2) is 29.2 Å². The van der Waals surface area contributed by atoms with Crippen LogP contribution in [0.4, 0.5) is 0 Å². The van der Waals surface area contributed by atoms with Crippen LogP contribution >= 0.6 is 0 Å². The van der Waals surface area contributed by atoms with E-state index in [4.69, 9.17) is 9.97 Å². The van der Waals surface area contributed by atoms with E-state index >= 15 is 0 Å². The van der Waals surface area contributed by atoms with E-state index in [1.165, 1.54) is 5.56 Å². The van der Waals surface area contributed by atoms with Crippen LogP contribution in [0.5, 0.6) is 6.01 Å². The van der Waals surface area contributed by atoms with Crippen molar-refractivity contribution in [3.05, 3.63) is 169 Å². The third-order valence-electron chi connectivity index (χ3n) is 10.8. The van der Waals surface area contributed by atoms with Crippen molar-refractivity contribution < 1.29 is 26.2 Å². The molecule has 0 bridgehead atoms. The molecule has 9 rings (SSSR count). The zero-order valence-corrected chi connectivity index (χ0v) is 35.7. The van der Waals surface area contributed by atoms with Crippen molar-refractivity contribution >= 4 is 22.1 Å². The monoisotopic (exact) mass is 937 g/mol. The van der Waals surface area contributed by atoms with Crippen LogP contribution < -0.4 is 0 Å². The van der Waals surface area contributed by atoms with Crippen molar-refractivity contribution in [2.75, 3.05) is 0 Å². The summed E-state index contributed by atoms with van der Waals surface area (Å²) in [5.41, 5.74) is 14.2. The first kappa shape index (κ1) is 38.8. The van der Waals surface area contributed by atoms with Gasteiger partial charge < -0.3 is 5.11 Å². The summed E-state index contributed by atoms with van der Waals surface area (Å²) in [6, 6.07) is 53.9. The maximum Gasteiger partial charge on any atom is 0.302 e. The van der Waals surface area contributed by atoms with E-state index in [1.54, 1.807) is 4.57 Å². The SMILES string of the molecule is CC(C)(C)c1cc(-c2cc(-c3ccccc3)ccn2)[c-]c(-c2cccc3c2nc(-n2c(O)nc4ccccc42)n3-c2ccc(C(C)(C)C)cc2-c2ccccc2)c1.[Pt]. The molecule has 290 valence electrons. The molecule has 3 heterocycles. The maximum absolute atomic E-state index is 11.6. The molecule has 0 radical (unpaired) electrons. The van der Waals surface area contributed by atoms with E-state index in [9.17, 15) is 5.11 Å². The van der Waals surface area contributed by atoms with Gasteiger partial charge in [-0.25, -0.2) is 9.55 Å². The Morgan fingerprint density at radius 3 is 1.91 bits per heavy atom. The Labute approximate surface area is 354 Å². The second-order valence-electron chi connectivity index (χ2n) is 16.7. The standard InChI is InChI=1S/C51H44N5O.Pt/c1-50(2,3)38-24-25-44(41(32-38)34-18-11-8-12-19-34)55-46-23-15-20-40(47(46)54-48(55)56-45-22-14-13-21-42(45)53-49(56)57)36-28-37(30-39(29-36)51(4,5)6)43-31-35(26-27-52-43)33-16-9-7-10-17-33;/h7-27,29-32H,1-6H3,(H,53,57);/q-1;. The molecule has 0 saturated heterocycles. The zero-order chi connectivity index (χ0) is 39.5. The Balaban J connectivity index is 0.00000469. The number of aromatic nitrogens is 5. The van der Waals surface area contributed by atoms with E-state index in [1.807, 2.05) is 42.6 Å². The minimum atomic E-state index is -0.158. The van der Waals surface area contributed by atoms with Crippen molar-refractivity contribution in [1.29, 1.82) is 0 Å². The predicted molar refractivity (Wildman–Crippen MR) is 233 cm³/mol. The number of nitrogens with zero attached hydrogens (tertiary/aromatic N) is 5. The third-order valence-corrected chi connectivity index (χ3v) is 10.8. The average Bonchev–Trinajstić information content (AvgIpc) is 3.77. The van der Waals surface area contributed by atoms with Gasteiger partial charge in [-0.05, 0) is 69.5 Å². The third kappa shape index (κ3) is 7.07. The topological polar surface area (TPSA) is 68.8 Å². The number of fused-ring (bicyclic) bond motifs is 2. The van der Waals surface area contributed by atoms with Crippen LogP contribution in [0.15, 0.2) is 152 Å². The summed E-state index contributed by atoms with van der Waals surface area (Å²) in [5.74, 6) is 0.536. The van der Waals surface area contributed by atoms with Crippen molar-refractivity contribution in [3.8, 4) is 62.3 Å². The van der Waals surface area contributed by atoms with E-state index in [0.717, 1.165) is 72.4 Å². The van der Waals surface area contributed by atoms with Gasteiger partial charge in [0.2, 0.25) is 5.95 Å². The van der Waals surface area contributed by atoms with Crippen molar-refractivity contribution in [2.24, 2.45) is 0 Å². The molecule has 0 saturated carbocycles. The van der Waals surface area contributed by atoms with Gasteiger partial charge in [0.25, 0.3) is 0 Å². The Bertz CT molecular complexity index is 2930. The second-order valence-corrected chi connectivity index (χ2v) is 16.7. The molecule has 0 unspecified atom stereocenters. The first-order chi connectivity index (χ1) is 27.4. The summed E-state index contributed by atoms with van der Waals surface area (Å²) in [7, 11) is 0. The van der Waals surface area contributed by atoms with Crippen molar-refractivity contribution in [3.63, 3.8) is 0 Å². The molecular weight excluding hydrogens is 894 g/mol. The molecular formula is C51H44N5OPt-. The van der Waals surface area contributed by atoms with Crippen LogP contribution in [-0.2, 0) is 31.9 Å². The molecule has 0 fully saturated rings. The van der Waals surface area contributed by atoms with Gasteiger partial charge in [-0.1, -0.05) is 150 Å². The summed E-state index contributed by atoms with van der Waals surface area (Å²) in [6.45, 7) is 13.4. The van der Waals surface area contributed by atoms with E-state index in [0.29, 0.717) is 11.5 Å². The minimum Gasteiger partial charge on any atom is -0.480 e. The molecule has 3 aromatic heterocycles. The molecule has 7 heteroatoms. The minimum absolute atomic E-state index is 0.